The number of piperazine rings is 1. The van der Waals surface area contributed by atoms with Crippen LogP contribution in [0.15, 0.2) is 12.3 Å². The summed E-state index contributed by atoms with van der Waals surface area (Å²) >= 11 is 0. The number of rotatable bonds is 3. The largest absolute Gasteiger partial charge is 0.352 e. The average Bonchev–Trinajstić information content (AvgIpc) is 2.38. The number of sulfonamides is 1. The number of hydrogen-bond donors (Lipinski definition) is 1. The van der Waals surface area contributed by atoms with Crippen LogP contribution in [0.4, 0.5) is 5.82 Å². The second kappa shape index (κ2) is 5.17. The number of aromatic nitrogens is 2. The fraction of sp³-hybridized carbons (Fsp3) is 0.600. The summed E-state index contributed by atoms with van der Waals surface area (Å²) in [6.07, 6.45) is 2.84. The molecule has 0 radical (unpaired) electrons. The second-order valence-electron chi connectivity index (χ2n) is 4.23. The molecular formula is C10H17N5O2S. The lowest BCUT2D eigenvalue weighted by molar-refractivity contribution is 0.386. The SMILES string of the molecule is CS(=O)(=O)N1CCN(c2nnccc2CN)CC1. The molecule has 0 aliphatic carbocycles. The van der Waals surface area contributed by atoms with E-state index in [1.807, 2.05) is 11.0 Å². The van der Waals surface area contributed by atoms with Crippen LogP contribution in [0.2, 0.25) is 0 Å². The monoisotopic (exact) mass is 271 g/mol. The topological polar surface area (TPSA) is 92.4 Å². The van der Waals surface area contributed by atoms with Crippen LogP contribution in [-0.4, -0.2) is 55.4 Å². The summed E-state index contributed by atoms with van der Waals surface area (Å²) in [5.74, 6) is 0.758. The van der Waals surface area contributed by atoms with Gasteiger partial charge in [-0.1, -0.05) is 0 Å². The molecule has 0 atom stereocenters. The van der Waals surface area contributed by atoms with E-state index in [2.05, 4.69) is 10.2 Å². The van der Waals surface area contributed by atoms with Gasteiger partial charge in [0.2, 0.25) is 10.0 Å². The van der Waals surface area contributed by atoms with Gasteiger partial charge in [0.1, 0.15) is 0 Å². The molecule has 1 aliphatic heterocycles. The van der Waals surface area contributed by atoms with Crippen molar-refractivity contribution in [1.82, 2.24) is 14.5 Å². The molecule has 18 heavy (non-hydrogen) atoms. The van der Waals surface area contributed by atoms with Crippen molar-refractivity contribution >= 4 is 15.8 Å². The molecule has 8 heteroatoms. The molecule has 0 saturated carbocycles. The fourth-order valence-corrected chi connectivity index (χ4v) is 2.83. The van der Waals surface area contributed by atoms with E-state index < -0.39 is 10.0 Å². The highest BCUT2D eigenvalue weighted by Crippen LogP contribution is 2.18. The van der Waals surface area contributed by atoms with E-state index in [4.69, 9.17) is 5.73 Å². The molecule has 1 aromatic rings. The molecule has 2 N–H and O–H groups in total. The molecule has 2 heterocycles. The van der Waals surface area contributed by atoms with Gasteiger partial charge in [-0.2, -0.15) is 9.40 Å². The van der Waals surface area contributed by atoms with Crippen LogP contribution in [0.1, 0.15) is 5.56 Å². The maximum absolute atomic E-state index is 11.4. The highest BCUT2D eigenvalue weighted by atomic mass is 32.2. The molecule has 0 unspecified atom stereocenters. The first kappa shape index (κ1) is 13.2. The zero-order valence-electron chi connectivity index (χ0n) is 10.3. The van der Waals surface area contributed by atoms with Gasteiger partial charge in [-0.25, -0.2) is 8.42 Å². The van der Waals surface area contributed by atoms with E-state index in [0.717, 1.165) is 11.4 Å². The molecular weight excluding hydrogens is 254 g/mol. The van der Waals surface area contributed by atoms with Gasteiger partial charge in [-0.15, -0.1) is 5.10 Å². The Morgan fingerprint density at radius 3 is 2.56 bits per heavy atom. The molecule has 0 amide bonds. The maximum atomic E-state index is 11.4. The molecule has 0 bridgehead atoms. The Kier molecular flexibility index (Phi) is 3.79. The van der Waals surface area contributed by atoms with Crippen LogP contribution >= 0.6 is 0 Å². The zero-order chi connectivity index (χ0) is 13.2. The van der Waals surface area contributed by atoms with Crippen LogP contribution in [0.3, 0.4) is 0 Å². The Morgan fingerprint density at radius 2 is 2.00 bits per heavy atom. The van der Waals surface area contributed by atoms with Crippen molar-refractivity contribution in [2.24, 2.45) is 5.73 Å². The zero-order valence-corrected chi connectivity index (χ0v) is 11.1. The van der Waals surface area contributed by atoms with E-state index in [0.29, 0.717) is 32.7 Å². The van der Waals surface area contributed by atoms with Crippen molar-refractivity contribution in [2.45, 2.75) is 6.54 Å². The Morgan fingerprint density at radius 1 is 1.33 bits per heavy atom. The minimum Gasteiger partial charge on any atom is -0.352 e. The minimum atomic E-state index is -3.10. The molecule has 2 rings (SSSR count). The van der Waals surface area contributed by atoms with Crippen LogP contribution in [0, 0.1) is 0 Å². The second-order valence-corrected chi connectivity index (χ2v) is 6.22. The third kappa shape index (κ3) is 2.77. The summed E-state index contributed by atoms with van der Waals surface area (Å²) in [4.78, 5) is 2.02. The van der Waals surface area contributed by atoms with E-state index in [9.17, 15) is 8.42 Å². The first-order valence-corrected chi connectivity index (χ1v) is 7.58. The number of nitrogens with two attached hydrogens (primary N) is 1. The predicted octanol–water partition coefficient (Wildman–Crippen LogP) is -0.983. The third-order valence-corrected chi connectivity index (χ3v) is 4.31. The van der Waals surface area contributed by atoms with E-state index in [1.165, 1.54) is 10.6 Å². The van der Waals surface area contributed by atoms with Crippen molar-refractivity contribution in [2.75, 3.05) is 37.3 Å². The molecule has 100 valence electrons. The van der Waals surface area contributed by atoms with Crippen LogP contribution < -0.4 is 10.6 Å². The van der Waals surface area contributed by atoms with E-state index in [1.54, 1.807) is 6.20 Å². The molecule has 0 aromatic carbocycles. The normalized spacial score (nSPS) is 18.0. The van der Waals surface area contributed by atoms with Gasteiger partial charge < -0.3 is 10.6 Å². The lowest BCUT2D eigenvalue weighted by atomic mass is 10.2. The van der Waals surface area contributed by atoms with Crippen molar-refractivity contribution < 1.29 is 8.42 Å². The Bertz CT molecular complexity index is 511. The molecule has 7 nitrogen and oxygen atoms in total. The summed E-state index contributed by atoms with van der Waals surface area (Å²) in [7, 11) is -3.10. The van der Waals surface area contributed by atoms with Crippen molar-refractivity contribution in [3.63, 3.8) is 0 Å². The van der Waals surface area contributed by atoms with Crippen LogP contribution in [0.5, 0.6) is 0 Å². The van der Waals surface area contributed by atoms with Crippen molar-refractivity contribution in [1.29, 1.82) is 0 Å². The van der Waals surface area contributed by atoms with E-state index in [-0.39, 0.29) is 0 Å². The number of anilines is 1. The average molecular weight is 271 g/mol. The standard InChI is InChI=1S/C10H17N5O2S/c1-18(16,17)15-6-4-14(5-7-15)10-9(8-11)2-3-12-13-10/h2-3H,4-8,11H2,1H3. The van der Waals surface area contributed by atoms with Gasteiger partial charge in [0.05, 0.1) is 12.5 Å². The summed E-state index contributed by atoms with van der Waals surface area (Å²) in [5, 5.41) is 7.95. The van der Waals surface area contributed by atoms with Crippen LogP contribution in [-0.2, 0) is 16.6 Å². The van der Waals surface area contributed by atoms with Crippen LogP contribution in [0.25, 0.3) is 0 Å². The Hall–Kier alpha value is -1.25. The van der Waals surface area contributed by atoms with Gasteiger partial charge in [-0.3, -0.25) is 0 Å². The third-order valence-electron chi connectivity index (χ3n) is 3.01. The number of nitrogens with zero attached hydrogens (tertiary/aromatic N) is 4. The molecule has 1 aromatic heterocycles. The lowest BCUT2D eigenvalue weighted by Crippen LogP contribution is -2.49. The number of hydrogen-bond acceptors (Lipinski definition) is 6. The lowest BCUT2D eigenvalue weighted by Gasteiger charge is -2.34. The fourth-order valence-electron chi connectivity index (χ4n) is 2.01. The van der Waals surface area contributed by atoms with E-state index >= 15 is 0 Å². The predicted molar refractivity (Wildman–Crippen MR) is 68.6 cm³/mol. The summed E-state index contributed by atoms with van der Waals surface area (Å²) in [5.41, 5.74) is 6.58. The maximum Gasteiger partial charge on any atom is 0.211 e. The Balaban J connectivity index is 2.10. The van der Waals surface area contributed by atoms with Gasteiger partial charge in [0.25, 0.3) is 0 Å². The summed E-state index contributed by atoms with van der Waals surface area (Å²) in [6.45, 7) is 2.56. The minimum absolute atomic E-state index is 0.400. The first-order chi connectivity index (χ1) is 8.52. The summed E-state index contributed by atoms with van der Waals surface area (Å²) in [6, 6.07) is 1.84. The summed E-state index contributed by atoms with van der Waals surface area (Å²) < 4.78 is 24.3. The van der Waals surface area contributed by atoms with Gasteiger partial charge in [0, 0.05) is 38.3 Å². The Labute approximate surface area is 107 Å². The highest BCUT2D eigenvalue weighted by molar-refractivity contribution is 7.88. The molecule has 1 saturated heterocycles. The van der Waals surface area contributed by atoms with Crippen molar-refractivity contribution in [3.8, 4) is 0 Å². The van der Waals surface area contributed by atoms with Gasteiger partial charge in [-0.05, 0) is 6.07 Å². The van der Waals surface area contributed by atoms with Crippen molar-refractivity contribution in [3.05, 3.63) is 17.8 Å². The molecule has 0 spiro atoms. The first-order valence-electron chi connectivity index (χ1n) is 5.73. The molecule has 1 fully saturated rings. The van der Waals surface area contributed by atoms with Gasteiger partial charge >= 0.3 is 0 Å². The smallest absolute Gasteiger partial charge is 0.211 e. The molecule has 1 aliphatic rings. The highest BCUT2D eigenvalue weighted by Gasteiger charge is 2.25. The quantitative estimate of drug-likeness (QED) is 0.759. The van der Waals surface area contributed by atoms with Gasteiger partial charge in [0.15, 0.2) is 5.82 Å².